The molecule has 2 aliphatic heterocycles. The maximum atomic E-state index is 12.9. The van der Waals surface area contributed by atoms with Crippen LogP contribution in [0.25, 0.3) is 0 Å². The van der Waals surface area contributed by atoms with Gasteiger partial charge in [0, 0.05) is 17.8 Å². The zero-order chi connectivity index (χ0) is 17.5. The maximum absolute atomic E-state index is 12.9. The van der Waals surface area contributed by atoms with E-state index in [2.05, 4.69) is 5.32 Å². The van der Waals surface area contributed by atoms with E-state index in [4.69, 9.17) is 9.47 Å². The molecule has 2 aliphatic rings. The molecule has 0 radical (unpaired) electrons. The minimum absolute atomic E-state index is 0.0119. The van der Waals surface area contributed by atoms with Crippen LogP contribution in [0.2, 0.25) is 0 Å². The fourth-order valence-corrected chi connectivity index (χ4v) is 4.12. The van der Waals surface area contributed by atoms with Gasteiger partial charge in [-0.2, -0.15) is 0 Å². The van der Waals surface area contributed by atoms with E-state index in [0.717, 1.165) is 17.0 Å². The Morgan fingerprint density at radius 1 is 1.38 bits per heavy atom. The topological polar surface area (TPSA) is 67.9 Å². The number of hydrogen-bond donors (Lipinski definition) is 1. The molecule has 0 saturated carbocycles. The molecule has 1 aromatic carbocycles. The Hall–Kier alpha value is -2.08. The highest BCUT2D eigenvalue weighted by molar-refractivity contribution is 6.08. The van der Waals surface area contributed by atoms with Gasteiger partial charge in [0.1, 0.15) is 5.75 Å². The van der Waals surface area contributed by atoms with Crippen LogP contribution < -0.4 is 10.1 Å². The van der Waals surface area contributed by atoms with Gasteiger partial charge in [-0.25, -0.2) is 0 Å². The van der Waals surface area contributed by atoms with Gasteiger partial charge in [-0.15, -0.1) is 0 Å². The first-order valence-electron chi connectivity index (χ1n) is 8.27. The Balaban J connectivity index is 2.00. The summed E-state index contributed by atoms with van der Waals surface area (Å²) in [7, 11) is 1.62. The van der Waals surface area contributed by atoms with Gasteiger partial charge in [-0.1, -0.05) is 0 Å². The summed E-state index contributed by atoms with van der Waals surface area (Å²) in [6.07, 6.45) is 0.658. The van der Waals surface area contributed by atoms with Crippen LogP contribution in [0.15, 0.2) is 18.2 Å². The molecule has 2 heterocycles. The summed E-state index contributed by atoms with van der Waals surface area (Å²) in [6.45, 7) is 7.05. The highest BCUT2D eigenvalue weighted by atomic mass is 16.5. The molecule has 0 bridgehead atoms. The van der Waals surface area contributed by atoms with E-state index in [1.165, 1.54) is 0 Å². The molecular formula is C18H24N2O4. The number of hydrogen-bond acceptors (Lipinski definition) is 5. The van der Waals surface area contributed by atoms with E-state index in [-0.39, 0.29) is 18.4 Å². The number of methoxy groups -OCH3 is 1. The average molecular weight is 332 g/mol. The van der Waals surface area contributed by atoms with Crippen molar-refractivity contribution in [2.45, 2.75) is 38.1 Å². The summed E-state index contributed by atoms with van der Waals surface area (Å²) < 4.78 is 10.4. The monoisotopic (exact) mass is 332 g/mol. The second kappa shape index (κ2) is 5.77. The van der Waals surface area contributed by atoms with Crippen LogP contribution in [0.5, 0.6) is 5.75 Å². The lowest BCUT2D eigenvalue weighted by atomic mass is 9.68. The standard InChI is InChI=1S/C18H24N2O4/c1-5-24-15(21)11-20-9-8-18(17(20,2)3)13-10-12(23-4)6-7-14(13)19-16(18)22/h6-7,10H,5,8-9,11H2,1-4H3,(H,19,22). The number of carbonyl (C=O) groups is 2. The van der Waals surface area contributed by atoms with Gasteiger partial charge in [0.2, 0.25) is 5.91 Å². The normalized spacial score (nSPS) is 24.8. The molecular weight excluding hydrogens is 308 g/mol. The van der Waals surface area contributed by atoms with Crippen molar-refractivity contribution in [2.24, 2.45) is 0 Å². The predicted molar refractivity (Wildman–Crippen MR) is 90.2 cm³/mol. The number of amides is 1. The van der Waals surface area contributed by atoms with Crippen LogP contribution >= 0.6 is 0 Å². The second-order valence-electron chi connectivity index (χ2n) is 6.81. The number of esters is 1. The van der Waals surface area contributed by atoms with Crippen LogP contribution in [0.1, 0.15) is 32.8 Å². The summed E-state index contributed by atoms with van der Waals surface area (Å²) in [4.78, 5) is 26.9. The van der Waals surface area contributed by atoms with Crippen molar-refractivity contribution in [2.75, 3.05) is 32.1 Å². The van der Waals surface area contributed by atoms with Gasteiger partial charge in [-0.3, -0.25) is 14.5 Å². The minimum Gasteiger partial charge on any atom is -0.497 e. The molecule has 1 aromatic rings. The van der Waals surface area contributed by atoms with Gasteiger partial charge in [0.15, 0.2) is 0 Å². The van der Waals surface area contributed by atoms with Crippen LogP contribution in [-0.4, -0.2) is 49.1 Å². The molecule has 3 rings (SSSR count). The van der Waals surface area contributed by atoms with E-state index < -0.39 is 11.0 Å². The Kier molecular flexibility index (Phi) is 4.03. The molecule has 24 heavy (non-hydrogen) atoms. The number of ether oxygens (including phenoxy) is 2. The largest absolute Gasteiger partial charge is 0.497 e. The van der Waals surface area contributed by atoms with Crippen molar-refractivity contribution < 1.29 is 19.1 Å². The Morgan fingerprint density at radius 2 is 2.12 bits per heavy atom. The third-order valence-corrected chi connectivity index (χ3v) is 5.54. The molecule has 6 nitrogen and oxygen atoms in total. The highest BCUT2D eigenvalue weighted by Crippen LogP contribution is 2.54. The fraction of sp³-hybridized carbons (Fsp3) is 0.556. The molecule has 1 N–H and O–H groups in total. The molecule has 1 saturated heterocycles. The second-order valence-corrected chi connectivity index (χ2v) is 6.81. The first-order chi connectivity index (χ1) is 11.4. The molecule has 0 aliphatic carbocycles. The van der Waals surface area contributed by atoms with Crippen molar-refractivity contribution in [3.05, 3.63) is 23.8 Å². The number of fused-ring (bicyclic) bond motifs is 2. The van der Waals surface area contributed by atoms with Crippen LogP contribution in [-0.2, 0) is 19.7 Å². The van der Waals surface area contributed by atoms with E-state index in [1.807, 2.05) is 36.9 Å². The van der Waals surface area contributed by atoms with Gasteiger partial charge in [-0.05, 0) is 51.0 Å². The zero-order valence-electron chi connectivity index (χ0n) is 14.6. The maximum Gasteiger partial charge on any atom is 0.320 e. The lowest BCUT2D eigenvalue weighted by molar-refractivity contribution is -0.146. The van der Waals surface area contributed by atoms with Crippen molar-refractivity contribution in [1.29, 1.82) is 0 Å². The smallest absolute Gasteiger partial charge is 0.320 e. The number of carbonyl (C=O) groups excluding carboxylic acids is 2. The van der Waals surface area contributed by atoms with Crippen molar-refractivity contribution in [3.63, 3.8) is 0 Å². The van der Waals surface area contributed by atoms with Gasteiger partial charge < -0.3 is 14.8 Å². The average Bonchev–Trinajstić information content (AvgIpc) is 2.97. The van der Waals surface area contributed by atoms with Crippen LogP contribution in [0.4, 0.5) is 5.69 Å². The van der Waals surface area contributed by atoms with E-state index in [0.29, 0.717) is 19.6 Å². The molecule has 0 aromatic heterocycles. The summed E-state index contributed by atoms with van der Waals surface area (Å²) in [5, 5.41) is 3.00. The minimum atomic E-state index is -0.691. The van der Waals surface area contributed by atoms with Crippen molar-refractivity contribution >= 4 is 17.6 Å². The Labute approximate surface area is 142 Å². The first kappa shape index (κ1) is 16.8. The Bertz CT molecular complexity index is 686. The quantitative estimate of drug-likeness (QED) is 0.854. The van der Waals surface area contributed by atoms with Crippen LogP contribution in [0, 0.1) is 0 Å². The highest BCUT2D eigenvalue weighted by Gasteiger charge is 2.62. The van der Waals surface area contributed by atoms with Crippen LogP contribution in [0.3, 0.4) is 0 Å². The predicted octanol–water partition coefficient (Wildman–Crippen LogP) is 1.93. The molecule has 6 heteroatoms. The Morgan fingerprint density at radius 3 is 2.79 bits per heavy atom. The number of rotatable bonds is 4. The third-order valence-electron chi connectivity index (χ3n) is 5.54. The zero-order valence-corrected chi connectivity index (χ0v) is 14.6. The van der Waals surface area contributed by atoms with Gasteiger partial charge in [0.25, 0.3) is 0 Å². The lowest BCUT2D eigenvalue weighted by Crippen LogP contribution is -2.56. The van der Waals surface area contributed by atoms with Crippen molar-refractivity contribution in [1.82, 2.24) is 4.90 Å². The summed E-state index contributed by atoms with van der Waals surface area (Å²) in [5.41, 5.74) is 0.570. The third kappa shape index (κ3) is 2.20. The molecule has 1 amide bonds. The number of likely N-dealkylation sites (tertiary alicyclic amines) is 1. The van der Waals surface area contributed by atoms with Gasteiger partial charge in [0.05, 0.1) is 25.7 Å². The number of anilines is 1. The summed E-state index contributed by atoms with van der Waals surface area (Å²) in [6, 6.07) is 5.66. The molecule has 1 unspecified atom stereocenters. The molecule has 1 atom stereocenters. The summed E-state index contributed by atoms with van der Waals surface area (Å²) in [5.74, 6) is 0.457. The van der Waals surface area contributed by atoms with Crippen molar-refractivity contribution in [3.8, 4) is 5.75 Å². The van der Waals surface area contributed by atoms with E-state index in [9.17, 15) is 9.59 Å². The first-order valence-corrected chi connectivity index (χ1v) is 8.27. The summed E-state index contributed by atoms with van der Waals surface area (Å²) >= 11 is 0. The molecule has 130 valence electrons. The lowest BCUT2D eigenvalue weighted by Gasteiger charge is -2.41. The van der Waals surface area contributed by atoms with Gasteiger partial charge >= 0.3 is 5.97 Å². The number of nitrogens with zero attached hydrogens (tertiary/aromatic N) is 1. The molecule has 1 spiro atoms. The number of nitrogens with one attached hydrogen (secondary N) is 1. The number of benzene rings is 1. The van der Waals surface area contributed by atoms with E-state index in [1.54, 1.807) is 14.0 Å². The van der Waals surface area contributed by atoms with E-state index >= 15 is 0 Å². The molecule has 1 fully saturated rings. The SMILES string of the molecule is CCOC(=O)CN1CCC2(C(=O)Nc3ccc(OC)cc32)C1(C)C. The fourth-order valence-electron chi connectivity index (χ4n) is 4.12.